The van der Waals surface area contributed by atoms with Crippen LogP contribution in [0.3, 0.4) is 0 Å². The van der Waals surface area contributed by atoms with E-state index in [1.54, 1.807) is 24.3 Å². The van der Waals surface area contributed by atoms with E-state index in [-0.39, 0.29) is 17.0 Å². The van der Waals surface area contributed by atoms with Crippen molar-refractivity contribution in [3.63, 3.8) is 0 Å². The third-order valence-corrected chi connectivity index (χ3v) is 6.29. The van der Waals surface area contributed by atoms with Crippen LogP contribution in [0.15, 0.2) is 24.3 Å². The molecule has 0 aromatic heterocycles. The molecule has 4 bridgehead atoms. The highest BCUT2D eigenvalue weighted by Gasteiger charge is 2.53. The molecule has 0 radical (unpaired) electrons. The molecule has 0 unspecified atom stereocenters. The Morgan fingerprint density at radius 2 is 1.73 bits per heavy atom. The molecule has 1 aromatic carbocycles. The Bertz CT molecular complexity index is 593. The highest BCUT2D eigenvalue weighted by molar-refractivity contribution is 6.32. The van der Waals surface area contributed by atoms with Gasteiger partial charge in [0.1, 0.15) is 5.82 Å². The summed E-state index contributed by atoms with van der Waals surface area (Å²) in [5.41, 5.74) is 0.158. The molecule has 1 nitrogen and oxygen atoms in total. The second-order valence-electron chi connectivity index (χ2n) is 7.53. The first-order valence-electron chi connectivity index (χ1n) is 8.22. The van der Waals surface area contributed by atoms with Crippen molar-refractivity contribution in [2.45, 2.75) is 38.5 Å². The van der Waals surface area contributed by atoms with Crippen LogP contribution in [-0.4, -0.2) is 5.78 Å². The second-order valence-corrected chi connectivity index (χ2v) is 7.94. The van der Waals surface area contributed by atoms with Crippen molar-refractivity contribution < 1.29 is 9.18 Å². The van der Waals surface area contributed by atoms with Crippen LogP contribution in [0.25, 0.3) is 6.08 Å². The van der Waals surface area contributed by atoms with Gasteiger partial charge in [-0.2, -0.15) is 0 Å². The number of ketones is 1. The Hall–Kier alpha value is -1.15. The molecule has 3 heteroatoms. The number of hydrogen-bond acceptors (Lipinski definition) is 1. The maximum absolute atomic E-state index is 13.8. The van der Waals surface area contributed by atoms with Crippen LogP contribution in [0.4, 0.5) is 4.39 Å². The van der Waals surface area contributed by atoms with E-state index in [1.165, 1.54) is 25.3 Å². The lowest BCUT2D eigenvalue weighted by Crippen LogP contribution is -2.49. The predicted octanol–water partition coefficient (Wildman–Crippen LogP) is 5.28. The van der Waals surface area contributed by atoms with Gasteiger partial charge < -0.3 is 0 Å². The van der Waals surface area contributed by atoms with Crippen LogP contribution in [0, 0.1) is 29.0 Å². The van der Waals surface area contributed by atoms with Gasteiger partial charge in [0.15, 0.2) is 5.78 Å². The van der Waals surface area contributed by atoms with Gasteiger partial charge in [-0.15, -0.1) is 0 Å². The third-order valence-electron chi connectivity index (χ3n) is 5.96. The summed E-state index contributed by atoms with van der Waals surface area (Å²) < 4.78 is 13.8. The summed E-state index contributed by atoms with van der Waals surface area (Å²) in [6.45, 7) is 0. The Labute approximate surface area is 135 Å². The van der Waals surface area contributed by atoms with E-state index >= 15 is 0 Å². The number of halogens is 2. The van der Waals surface area contributed by atoms with E-state index in [1.807, 2.05) is 0 Å². The zero-order chi connectivity index (χ0) is 15.3. The fourth-order valence-corrected chi connectivity index (χ4v) is 5.64. The van der Waals surface area contributed by atoms with Crippen molar-refractivity contribution in [2.75, 3.05) is 0 Å². The summed E-state index contributed by atoms with van der Waals surface area (Å²) in [5.74, 6) is 2.02. The Kier molecular flexibility index (Phi) is 3.41. The molecule has 0 heterocycles. The number of allylic oxidation sites excluding steroid dienone is 1. The van der Waals surface area contributed by atoms with Crippen LogP contribution in [0.1, 0.15) is 44.1 Å². The number of rotatable bonds is 3. The molecule has 4 aliphatic rings. The summed E-state index contributed by atoms with van der Waals surface area (Å²) in [6, 6.07) is 4.61. The van der Waals surface area contributed by atoms with Gasteiger partial charge in [0.2, 0.25) is 0 Å². The molecule has 0 N–H and O–H groups in total. The fourth-order valence-electron chi connectivity index (χ4n) is 5.42. The first-order valence-corrected chi connectivity index (χ1v) is 8.60. The van der Waals surface area contributed by atoms with E-state index < -0.39 is 0 Å². The predicted molar refractivity (Wildman–Crippen MR) is 86.1 cm³/mol. The van der Waals surface area contributed by atoms with E-state index in [4.69, 9.17) is 11.6 Å². The van der Waals surface area contributed by atoms with Crippen LogP contribution in [0.2, 0.25) is 5.02 Å². The third kappa shape index (κ3) is 2.32. The van der Waals surface area contributed by atoms with Crippen molar-refractivity contribution in [2.24, 2.45) is 23.2 Å². The lowest BCUT2D eigenvalue weighted by molar-refractivity contribution is -0.138. The Balaban J connectivity index is 1.59. The van der Waals surface area contributed by atoms with Crippen LogP contribution < -0.4 is 0 Å². The number of benzene rings is 1. The van der Waals surface area contributed by atoms with Gasteiger partial charge in [-0.1, -0.05) is 17.7 Å². The molecular formula is C19H20ClFO. The van der Waals surface area contributed by atoms with Gasteiger partial charge in [0, 0.05) is 11.0 Å². The van der Waals surface area contributed by atoms with Gasteiger partial charge in [0.25, 0.3) is 0 Å². The smallest absolute Gasteiger partial charge is 0.161 e. The molecule has 1 aromatic rings. The largest absolute Gasteiger partial charge is 0.294 e. The summed E-state index contributed by atoms with van der Waals surface area (Å²) in [6.07, 6.45) is 10.2. The second kappa shape index (κ2) is 5.19. The molecule has 0 spiro atoms. The van der Waals surface area contributed by atoms with E-state index in [0.29, 0.717) is 10.6 Å². The number of carbonyl (C=O) groups is 1. The van der Waals surface area contributed by atoms with Crippen LogP contribution in [0.5, 0.6) is 0 Å². The lowest BCUT2D eigenvalue weighted by Gasteiger charge is -2.55. The Morgan fingerprint density at radius 3 is 2.27 bits per heavy atom. The first-order chi connectivity index (χ1) is 10.6. The molecule has 0 saturated heterocycles. The zero-order valence-electron chi connectivity index (χ0n) is 12.5. The number of hydrogen-bond donors (Lipinski definition) is 0. The van der Waals surface area contributed by atoms with Crippen molar-refractivity contribution in [3.8, 4) is 0 Å². The van der Waals surface area contributed by atoms with Gasteiger partial charge in [-0.3, -0.25) is 4.79 Å². The van der Waals surface area contributed by atoms with Crippen LogP contribution in [-0.2, 0) is 4.79 Å². The average Bonchev–Trinajstić information content (AvgIpc) is 2.45. The van der Waals surface area contributed by atoms with Gasteiger partial charge in [-0.25, -0.2) is 4.39 Å². The molecule has 116 valence electrons. The standard InChI is InChI=1S/C19H20ClFO/c20-16-2-1-3-17(21)15(16)4-5-18(22)19-9-12-6-13(10-19)8-14(7-12)11-19/h1-5,12-14H,6-11H2/b5-4+. The summed E-state index contributed by atoms with van der Waals surface area (Å²) in [5, 5.41) is 0.356. The summed E-state index contributed by atoms with van der Waals surface area (Å²) >= 11 is 6.03. The zero-order valence-corrected chi connectivity index (χ0v) is 13.3. The first kappa shape index (κ1) is 14.4. The van der Waals surface area contributed by atoms with Gasteiger partial charge in [-0.05, 0) is 80.6 Å². The molecule has 0 amide bonds. The maximum atomic E-state index is 13.8. The Morgan fingerprint density at radius 1 is 1.14 bits per heavy atom. The topological polar surface area (TPSA) is 17.1 Å². The SMILES string of the molecule is O=C(/C=C/c1c(F)cccc1Cl)C12CC3CC(CC(C3)C1)C2. The molecule has 5 rings (SSSR count). The summed E-state index contributed by atoms with van der Waals surface area (Å²) in [4.78, 5) is 12.8. The molecule has 0 aliphatic heterocycles. The number of carbonyl (C=O) groups excluding carboxylic acids is 1. The molecular weight excluding hydrogens is 299 g/mol. The molecule has 4 saturated carbocycles. The summed E-state index contributed by atoms with van der Waals surface area (Å²) in [7, 11) is 0. The average molecular weight is 319 g/mol. The molecule has 0 atom stereocenters. The van der Waals surface area contributed by atoms with Crippen molar-refractivity contribution in [1.29, 1.82) is 0 Å². The van der Waals surface area contributed by atoms with Crippen molar-refractivity contribution in [1.82, 2.24) is 0 Å². The van der Waals surface area contributed by atoms with E-state index in [0.717, 1.165) is 37.0 Å². The van der Waals surface area contributed by atoms with Crippen LogP contribution >= 0.6 is 11.6 Å². The van der Waals surface area contributed by atoms with Crippen molar-refractivity contribution >= 4 is 23.5 Å². The minimum Gasteiger partial charge on any atom is -0.294 e. The minimum absolute atomic E-state index is 0.164. The van der Waals surface area contributed by atoms with Gasteiger partial charge in [0.05, 0.1) is 5.02 Å². The lowest BCUT2D eigenvalue weighted by atomic mass is 9.48. The van der Waals surface area contributed by atoms with E-state index in [9.17, 15) is 9.18 Å². The normalized spacial score (nSPS) is 36.2. The minimum atomic E-state index is -0.373. The quantitative estimate of drug-likeness (QED) is 0.693. The fraction of sp³-hybridized carbons (Fsp3) is 0.526. The monoisotopic (exact) mass is 318 g/mol. The molecule has 4 aliphatic carbocycles. The highest BCUT2D eigenvalue weighted by atomic mass is 35.5. The maximum Gasteiger partial charge on any atom is 0.161 e. The molecule has 22 heavy (non-hydrogen) atoms. The van der Waals surface area contributed by atoms with Gasteiger partial charge >= 0.3 is 0 Å². The van der Waals surface area contributed by atoms with E-state index in [2.05, 4.69) is 0 Å². The molecule has 4 fully saturated rings. The highest BCUT2D eigenvalue weighted by Crippen LogP contribution is 2.60. The van der Waals surface area contributed by atoms with Crippen molar-refractivity contribution in [3.05, 3.63) is 40.7 Å².